The summed E-state index contributed by atoms with van der Waals surface area (Å²) in [6.07, 6.45) is 11.9. The Morgan fingerprint density at radius 1 is 0.820 bits per heavy atom. The minimum Gasteiger partial charge on any atom is -0.478 e. The molecule has 8 nitrogen and oxygen atoms in total. The first-order chi connectivity index (χ1) is 23.3. The van der Waals surface area contributed by atoms with Crippen LogP contribution in [-0.2, 0) is 14.3 Å². The number of allylic oxidation sites excluding steroid dienone is 2. The number of carboxylic acid groups (broad SMARTS) is 1. The van der Waals surface area contributed by atoms with Crippen LogP contribution in [0.25, 0.3) is 0 Å². The predicted molar refractivity (Wildman–Crippen MR) is 193 cm³/mol. The zero-order valence-corrected chi connectivity index (χ0v) is 31.7. The van der Waals surface area contributed by atoms with Crippen LogP contribution < -0.4 is 10.6 Å². The number of esters is 1. The molecule has 0 aliphatic heterocycles. The van der Waals surface area contributed by atoms with Gasteiger partial charge in [-0.1, -0.05) is 72.2 Å². The fourth-order valence-electron chi connectivity index (χ4n) is 12.5. The lowest BCUT2D eigenvalue weighted by molar-refractivity contribution is -0.204. The van der Waals surface area contributed by atoms with Gasteiger partial charge in [-0.3, -0.25) is 9.59 Å². The molecule has 0 spiro atoms. The van der Waals surface area contributed by atoms with E-state index in [1.807, 2.05) is 0 Å². The zero-order valence-electron chi connectivity index (χ0n) is 31.7. The largest absolute Gasteiger partial charge is 0.478 e. The first kappa shape index (κ1) is 36.6. The maximum Gasteiger partial charge on any atom is 0.339 e. The number of ether oxygens (including phenoxy) is 1. The van der Waals surface area contributed by atoms with E-state index in [1.165, 1.54) is 18.6 Å². The lowest BCUT2D eigenvalue weighted by Gasteiger charge is -2.71. The van der Waals surface area contributed by atoms with Crippen LogP contribution in [0.15, 0.2) is 35.9 Å². The maximum atomic E-state index is 14.2. The van der Waals surface area contributed by atoms with Crippen LogP contribution in [0.2, 0.25) is 0 Å². The van der Waals surface area contributed by atoms with Gasteiger partial charge in [-0.25, -0.2) is 9.59 Å². The second kappa shape index (κ2) is 12.5. The van der Waals surface area contributed by atoms with E-state index in [4.69, 9.17) is 4.74 Å². The van der Waals surface area contributed by atoms with E-state index in [1.54, 1.807) is 18.2 Å². The van der Waals surface area contributed by atoms with Crippen LogP contribution >= 0.6 is 0 Å². The van der Waals surface area contributed by atoms with E-state index < -0.39 is 17.4 Å². The fraction of sp³-hybridized carbons (Fsp3) is 0.714. The molecule has 50 heavy (non-hydrogen) atoms. The van der Waals surface area contributed by atoms with Gasteiger partial charge in [0.25, 0.3) is 0 Å². The molecule has 5 aliphatic rings. The summed E-state index contributed by atoms with van der Waals surface area (Å²) in [5.74, 6) is -0.592. The topological polar surface area (TPSA) is 122 Å². The van der Waals surface area contributed by atoms with Crippen molar-refractivity contribution in [3.8, 4) is 0 Å². The Balaban J connectivity index is 1.28. The Bertz CT molecular complexity index is 1600. The highest BCUT2D eigenvalue weighted by Crippen LogP contribution is 2.76. The lowest BCUT2D eigenvalue weighted by Crippen LogP contribution is -2.65. The summed E-state index contributed by atoms with van der Waals surface area (Å²) in [5, 5.41) is 15.8. The summed E-state index contributed by atoms with van der Waals surface area (Å²) in [6, 6.07) is 6.32. The summed E-state index contributed by atoms with van der Waals surface area (Å²) < 4.78 is 6.23. The minimum absolute atomic E-state index is 0.0179. The van der Waals surface area contributed by atoms with Gasteiger partial charge in [-0.05, 0) is 116 Å². The third-order valence-electron chi connectivity index (χ3n) is 15.4. The van der Waals surface area contributed by atoms with Crippen molar-refractivity contribution in [1.82, 2.24) is 10.6 Å². The van der Waals surface area contributed by atoms with E-state index in [9.17, 15) is 24.3 Å². The van der Waals surface area contributed by atoms with Crippen molar-refractivity contribution in [2.24, 2.45) is 50.2 Å². The van der Waals surface area contributed by atoms with Crippen LogP contribution in [-0.4, -0.2) is 48.1 Å². The van der Waals surface area contributed by atoms with Gasteiger partial charge in [0, 0.05) is 25.4 Å². The molecule has 274 valence electrons. The molecule has 5 aliphatic carbocycles. The number of hydrogen-bond donors (Lipinski definition) is 3. The average Bonchev–Trinajstić information content (AvgIpc) is 3.04. The Hall–Kier alpha value is -3.16. The van der Waals surface area contributed by atoms with Crippen molar-refractivity contribution in [2.75, 3.05) is 13.1 Å². The molecule has 0 bridgehead atoms. The van der Waals surface area contributed by atoms with Gasteiger partial charge in [0.2, 0.25) is 11.8 Å². The number of amides is 2. The summed E-state index contributed by atoms with van der Waals surface area (Å²) in [6.45, 7) is 19.2. The number of rotatable bonds is 7. The highest BCUT2D eigenvalue weighted by atomic mass is 16.5. The van der Waals surface area contributed by atoms with Crippen molar-refractivity contribution in [3.63, 3.8) is 0 Å². The molecule has 4 fully saturated rings. The Labute approximate surface area is 299 Å². The third kappa shape index (κ3) is 5.62. The second-order valence-corrected chi connectivity index (χ2v) is 18.7. The summed E-state index contributed by atoms with van der Waals surface area (Å²) in [4.78, 5) is 50.9. The zero-order chi connectivity index (χ0) is 36.5. The quantitative estimate of drug-likeness (QED) is 0.152. The molecule has 1 aromatic rings. The maximum absolute atomic E-state index is 14.2. The van der Waals surface area contributed by atoms with Crippen LogP contribution in [0, 0.1) is 50.2 Å². The molecule has 8 atom stereocenters. The molecule has 8 heteroatoms. The van der Waals surface area contributed by atoms with E-state index in [0.717, 1.165) is 64.2 Å². The molecule has 1 aromatic carbocycles. The monoisotopic (exact) mass is 688 g/mol. The summed E-state index contributed by atoms with van der Waals surface area (Å²) >= 11 is 0. The molecule has 0 heterocycles. The molecule has 6 rings (SSSR count). The second-order valence-electron chi connectivity index (χ2n) is 18.7. The van der Waals surface area contributed by atoms with Gasteiger partial charge in [0.05, 0.1) is 16.5 Å². The van der Waals surface area contributed by atoms with Gasteiger partial charge in [-0.15, -0.1) is 0 Å². The lowest BCUT2D eigenvalue weighted by atomic mass is 9.33. The van der Waals surface area contributed by atoms with E-state index in [-0.39, 0.29) is 62.0 Å². The highest BCUT2D eigenvalue weighted by Gasteiger charge is 2.69. The van der Waals surface area contributed by atoms with Crippen molar-refractivity contribution < 1.29 is 29.0 Å². The Morgan fingerprint density at radius 2 is 1.48 bits per heavy atom. The molecule has 0 saturated heterocycles. The van der Waals surface area contributed by atoms with Gasteiger partial charge in [0.15, 0.2) is 0 Å². The number of carbonyl (C=O) groups is 4. The van der Waals surface area contributed by atoms with Crippen LogP contribution in [0.4, 0.5) is 0 Å². The van der Waals surface area contributed by atoms with Crippen molar-refractivity contribution in [2.45, 2.75) is 126 Å². The molecule has 0 aromatic heterocycles. The number of fused-ring (bicyclic) bond motifs is 7. The third-order valence-corrected chi connectivity index (χ3v) is 15.4. The molecular weight excluding hydrogens is 628 g/mol. The van der Waals surface area contributed by atoms with E-state index in [2.05, 4.69) is 65.2 Å². The highest BCUT2D eigenvalue weighted by molar-refractivity contribution is 6.02. The number of hydrogen-bond acceptors (Lipinski definition) is 5. The normalized spacial score (nSPS) is 38.1. The van der Waals surface area contributed by atoms with Crippen molar-refractivity contribution in [1.29, 1.82) is 0 Å². The summed E-state index contributed by atoms with van der Waals surface area (Å²) in [5.41, 5.74) is 1.17. The Morgan fingerprint density at radius 3 is 2.16 bits per heavy atom. The molecule has 0 unspecified atom stereocenters. The van der Waals surface area contributed by atoms with E-state index in [0.29, 0.717) is 24.9 Å². The average molecular weight is 689 g/mol. The molecule has 4 saturated carbocycles. The smallest absolute Gasteiger partial charge is 0.339 e. The van der Waals surface area contributed by atoms with Gasteiger partial charge < -0.3 is 20.5 Å². The van der Waals surface area contributed by atoms with Crippen molar-refractivity contribution in [3.05, 3.63) is 47.0 Å². The van der Waals surface area contributed by atoms with Crippen LogP contribution in [0.3, 0.4) is 0 Å². The molecular formula is C42H60N2O6. The van der Waals surface area contributed by atoms with Crippen LogP contribution in [0.1, 0.15) is 140 Å². The van der Waals surface area contributed by atoms with Gasteiger partial charge in [-0.2, -0.15) is 0 Å². The Kier molecular flexibility index (Phi) is 9.16. The van der Waals surface area contributed by atoms with Crippen LogP contribution in [0.5, 0.6) is 0 Å². The number of nitrogens with one attached hydrogen (secondary N) is 2. The molecule has 2 amide bonds. The molecule has 3 N–H and O–H groups in total. The van der Waals surface area contributed by atoms with Crippen molar-refractivity contribution >= 4 is 23.8 Å². The first-order valence-corrected chi connectivity index (χ1v) is 19.1. The fourth-order valence-corrected chi connectivity index (χ4v) is 12.5. The SMILES string of the molecule is CC(=O)NCCNC(=O)[C@]12CCC(C)(C)C[C@H]1C1=CC[C@@H]3[C@@]4(C)CC[C@H](OC(=O)c5ccccc5C(=O)O)C(C)(C)[C@@H]4CC[C@@]3(C)[C@]1(C)CC2. The summed E-state index contributed by atoms with van der Waals surface area (Å²) in [7, 11) is 0. The van der Waals surface area contributed by atoms with Gasteiger partial charge >= 0.3 is 11.9 Å². The first-order valence-electron chi connectivity index (χ1n) is 19.1. The minimum atomic E-state index is -1.13. The number of carbonyl (C=O) groups excluding carboxylic acids is 3. The number of carboxylic acids is 1. The van der Waals surface area contributed by atoms with E-state index >= 15 is 0 Å². The molecule has 0 radical (unpaired) electrons. The van der Waals surface area contributed by atoms with Gasteiger partial charge in [0.1, 0.15) is 6.10 Å². The standard InChI is InChI=1S/C42H60N2O6/c1-26(45)43-23-24-44-36(49)42-21-19-37(2,3)25-30(42)29-13-14-32-39(6)17-16-33(50-35(48)28-12-10-9-11-27(28)34(46)47)38(4,5)31(39)15-18-41(32,8)40(29,7)20-22-42/h9-13,30-33H,14-25H2,1-8H3,(H,43,45)(H,44,49)(H,46,47)/t30-,31-,32+,33-,39-,40+,41+,42-/m0/s1. The number of aromatic carboxylic acids is 1. The predicted octanol–water partition coefficient (Wildman–Crippen LogP) is 7.96. The number of benzene rings is 1.